The van der Waals surface area contributed by atoms with Crippen LogP contribution in [0.5, 0.6) is 0 Å². The maximum atomic E-state index is 11.6. The Kier molecular flexibility index (Phi) is 6.49. The van der Waals surface area contributed by atoms with E-state index >= 15 is 0 Å². The zero-order valence-corrected chi connectivity index (χ0v) is 19.3. The fraction of sp³-hybridized carbons (Fsp3) is 0.536. The van der Waals surface area contributed by atoms with Crippen molar-refractivity contribution in [2.24, 2.45) is 23.2 Å². The fourth-order valence-corrected chi connectivity index (χ4v) is 6.36. The van der Waals surface area contributed by atoms with Crippen LogP contribution in [-0.4, -0.2) is 23.2 Å². The van der Waals surface area contributed by atoms with Gasteiger partial charge in [0.1, 0.15) is 5.60 Å². The molecule has 0 unspecified atom stereocenters. The zero-order chi connectivity index (χ0) is 22.8. The molecule has 0 bridgehead atoms. The molecule has 170 valence electrons. The molecule has 0 amide bonds. The Morgan fingerprint density at radius 2 is 2.06 bits per heavy atom. The van der Waals surface area contributed by atoms with Gasteiger partial charge in [-0.3, -0.25) is 0 Å². The molecule has 4 heteroatoms. The third-order valence-corrected chi connectivity index (χ3v) is 7.99. The molecular weight excluding hydrogens is 398 g/mol. The fourth-order valence-electron chi connectivity index (χ4n) is 6.36. The number of fused-ring (bicyclic) bond motifs is 3. The molecule has 0 aromatic rings. The first-order chi connectivity index (χ1) is 15.4. The summed E-state index contributed by atoms with van der Waals surface area (Å²) >= 11 is 0. The molecule has 0 radical (unpaired) electrons. The van der Waals surface area contributed by atoms with Crippen molar-refractivity contribution in [3.8, 4) is 11.8 Å². The van der Waals surface area contributed by atoms with Crippen LogP contribution in [0.4, 0.5) is 0 Å². The van der Waals surface area contributed by atoms with Gasteiger partial charge in [-0.2, -0.15) is 0 Å². The lowest BCUT2D eigenvalue weighted by atomic mass is 9.54. The molecule has 4 rings (SSSR count). The van der Waals surface area contributed by atoms with Crippen molar-refractivity contribution in [1.29, 1.82) is 5.41 Å². The molecular formula is C28H35NO3. The number of ether oxygens (including phenoxy) is 2. The quantitative estimate of drug-likeness (QED) is 0.435. The van der Waals surface area contributed by atoms with Crippen molar-refractivity contribution >= 4 is 5.71 Å². The average molecular weight is 434 g/mol. The lowest BCUT2D eigenvalue weighted by molar-refractivity contribution is -0.0533. The second-order valence-electron chi connectivity index (χ2n) is 9.66. The van der Waals surface area contributed by atoms with Gasteiger partial charge in [-0.1, -0.05) is 43.2 Å². The number of hydrogen-bond donors (Lipinski definition) is 2. The monoisotopic (exact) mass is 433 g/mol. The van der Waals surface area contributed by atoms with E-state index in [0.717, 1.165) is 44.9 Å². The average Bonchev–Trinajstić information content (AvgIpc) is 3.33. The van der Waals surface area contributed by atoms with E-state index in [9.17, 15) is 5.11 Å². The minimum absolute atomic E-state index is 0.185. The van der Waals surface area contributed by atoms with E-state index in [0.29, 0.717) is 29.1 Å². The number of rotatable bonds is 3. The van der Waals surface area contributed by atoms with Gasteiger partial charge in [-0.25, -0.2) is 0 Å². The molecule has 4 nitrogen and oxygen atoms in total. The predicted molar refractivity (Wildman–Crippen MR) is 128 cm³/mol. The lowest BCUT2D eigenvalue weighted by Crippen LogP contribution is -2.50. The lowest BCUT2D eigenvalue weighted by Gasteiger charge is -2.51. The maximum absolute atomic E-state index is 11.6. The van der Waals surface area contributed by atoms with Gasteiger partial charge in [-0.15, -0.1) is 5.92 Å². The standard InChI is InChI=1S/C28H35NO3/c1-4-16-28(30)17-15-24-23-11-7-6-9-21(29)10-8-12-22(23)20(18-27(24,28)3)13-14-26-25(5-2)31-19-32-26/h5-6,9,12-14,20,23-24,29-30H,2,7-8,10-11,15,17-19H2,1,3H3/b9-6+,14-13+,22-12+,29-21?/t20-,23+,24-,27-,28-/m0/s1. The van der Waals surface area contributed by atoms with Crippen LogP contribution >= 0.6 is 0 Å². The van der Waals surface area contributed by atoms with Gasteiger partial charge in [0.2, 0.25) is 6.79 Å². The Balaban J connectivity index is 1.74. The maximum Gasteiger partial charge on any atom is 0.231 e. The first kappa shape index (κ1) is 22.7. The number of nitrogens with one attached hydrogen (secondary N) is 1. The normalized spacial score (nSPS) is 39.7. The highest BCUT2D eigenvalue weighted by Crippen LogP contribution is 2.63. The molecule has 1 aliphatic heterocycles. The van der Waals surface area contributed by atoms with Gasteiger partial charge < -0.3 is 20.0 Å². The van der Waals surface area contributed by atoms with Gasteiger partial charge in [0, 0.05) is 11.1 Å². The van der Waals surface area contributed by atoms with Crippen molar-refractivity contribution < 1.29 is 14.6 Å². The van der Waals surface area contributed by atoms with E-state index in [1.165, 1.54) is 5.57 Å². The third-order valence-electron chi connectivity index (χ3n) is 7.99. The highest BCUT2D eigenvalue weighted by molar-refractivity contribution is 5.92. The summed E-state index contributed by atoms with van der Waals surface area (Å²) in [6.45, 7) is 8.11. The molecule has 3 aliphatic carbocycles. The Morgan fingerprint density at radius 1 is 1.25 bits per heavy atom. The molecule has 0 aromatic carbocycles. The third kappa shape index (κ3) is 3.99. The van der Waals surface area contributed by atoms with E-state index in [2.05, 4.69) is 43.6 Å². The highest BCUT2D eigenvalue weighted by atomic mass is 16.7. The Bertz CT molecular complexity index is 959. The molecule has 0 spiro atoms. The Hall–Kier alpha value is -2.51. The number of aliphatic hydroxyl groups is 1. The Labute approximate surface area is 192 Å². The predicted octanol–water partition coefficient (Wildman–Crippen LogP) is 5.83. The first-order valence-corrected chi connectivity index (χ1v) is 11.8. The van der Waals surface area contributed by atoms with E-state index in [1.54, 1.807) is 6.08 Å². The van der Waals surface area contributed by atoms with Gasteiger partial charge in [-0.05, 0) is 87.9 Å². The van der Waals surface area contributed by atoms with Crippen molar-refractivity contribution in [3.05, 3.63) is 60.1 Å². The summed E-state index contributed by atoms with van der Waals surface area (Å²) in [4.78, 5) is 0. The second-order valence-corrected chi connectivity index (χ2v) is 9.66. The smallest absolute Gasteiger partial charge is 0.231 e. The zero-order valence-electron chi connectivity index (χ0n) is 19.3. The summed E-state index contributed by atoms with van der Waals surface area (Å²) in [5.74, 6) is 8.59. The van der Waals surface area contributed by atoms with Crippen LogP contribution in [0.2, 0.25) is 0 Å². The minimum Gasteiger partial charge on any atom is -0.454 e. The first-order valence-electron chi connectivity index (χ1n) is 11.8. The summed E-state index contributed by atoms with van der Waals surface area (Å²) in [5, 5.41) is 19.8. The SMILES string of the molecule is C=CC1=C(/C=C/[C@H]2C[C@@]3(C)[C@@H](CC[C@@]3(O)C#CC)[C@@H]3CC/C=C/C(=N)CC/C=C/32)OCO1. The van der Waals surface area contributed by atoms with E-state index in [4.69, 9.17) is 14.9 Å². The minimum atomic E-state index is -0.949. The summed E-state index contributed by atoms with van der Waals surface area (Å²) < 4.78 is 11.1. The molecule has 5 atom stereocenters. The highest BCUT2D eigenvalue weighted by Gasteiger charge is 2.61. The molecule has 0 saturated heterocycles. The van der Waals surface area contributed by atoms with Gasteiger partial charge in [0.05, 0.1) is 0 Å². The van der Waals surface area contributed by atoms with E-state index in [1.807, 2.05) is 19.1 Å². The molecule has 2 N–H and O–H groups in total. The van der Waals surface area contributed by atoms with Crippen molar-refractivity contribution in [2.75, 3.05) is 6.79 Å². The van der Waals surface area contributed by atoms with Crippen molar-refractivity contribution in [2.45, 2.75) is 64.4 Å². The van der Waals surface area contributed by atoms with Crippen LogP contribution in [0.15, 0.2) is 60.1 Å². The van der Waals surface area contributed by atoms with E-state index < -0.39 is 5.60 Å². The van der Waals surface area contributed by atoms with Gasteiger partial charge in [0.15, 0.2) is 11.5 Å². The van der Waals surface area contributed by atoms with Crippen LogP contribution < -0.4 is 0 Å². The molecule has 32 heavy (non-hydrogen) atoms. The molecule has 0 aromatic heterocycles. The summed E-state index contributed by atoms with van der Waals surface area (Å²) in [6, 6.07) is 0. The van der Waals surface area contributed by atoms with Gasteiger partial charge in [0.25, 0.3) is 0 Å². The second kappa shape index (κ2) is 9.16. The molecule has 1 heterocycles. The number of allylic oxidation sites excluding steroid dienone is 7. The van der Waals surface area contributed by atoms with Crippen LogP contribution in [0, 0.1) is 40.4 Å². The summed E-state index contributed by atoms with van der Waals surface area (Å²) in [7, 11) is 0. The number of hydrogen-bond acceptors (Lipinski definition) is 4. The molecule has 4 aliphatic rings. The molecule has 2 fully saturated rings. The van der Waals surface area contributed by atoms with Crippen LogP contribution in [0.25, 0.3) is 0 Å². The van der Waals surface area contributed by atoms with Crippen LogP contribution in [0.3, 0.4) is 0 Å². The topological polar surface area (TPSA) is 62.5 Å². The van der Waals surface area contributed by atoms with Crippen molar-refractivity contribution in [3.63, 3.8) is 0 Å². The Morgan fingerprint density at radius 3 is 2.84 bits per heavy atom. The van der Waals surface area contributed by atoms with E-state index in [-0.39, 0.29) is 18.1 Å². The van der Waals surface area contributed by atoms with Gasteiger partial charge >= 0.3 is 0 Å². The largest absolute Gasteiger partial charge is 0.454 e. The molecule has 2 saturated carbocycles. The van der Waals surface area contributed by atoms with Crippen molar-refractivity contribution in [1.82, 2.24) is 0 Å². The summed E-state index contributed by atoms with van der Waals surface area (Å²) in [6.07, 6.45) is 18.6. The van der Waals surface area contributed by atoms with Crippen LogP contribution in [-0.2, 0) is 9.47 Å². The summed E-state index contributed by atoms with van der Waals surface area (Å²) in [5.41, 5.74) is 0.936. The van der Waals surface area contributed by atoms with Crippen LogP contribution in [0.1, 0.15) is 58.8 Å².